The molecule has 0 amide bonds. The van der Waals surface area contributed by atoms with Crippen molar-refractivity contribution < 1.29 is 9.47 Å². The number of hydrogen-bond donors (Lipinski definition) is 1. The zero-order valence-corrected chi connectivity index (χ0v) is 13.6. The Morgan fingerprint density at radius 2 is 1.95 bits per heavy atom. The third-order valence-electron chi connectivity index (χ3n) is 4.54. The molecule has 0 aromatic heterocycles. The van der Waals surface area contributed by atoms with Gasteiger partial charge < -0.3 is 19.7 Å². The third kappa shape index (κ3) is 2.54. The molecule has 1 aliphatic heterocycles. The Hall–Kier alpha value is -0.780. The SMILES string of the molecule is CN(C)C1(CNCc2cc3c(cc2Br)OCO3)CCC1. The molecule has 3 rings (SSSR count). The van der Waals surface area contributed by atoms with Crippen molar-refractivity contribution in [2.45, 2.75) is 31.3 Å². The highest BCUT2D eigenvalue weighted by Gasteiger charge is 2.38. The molecule has 1 saturated carbocycles. The number of ether oxygens (including phenoxy) is 2. The van der Waals surface area contributed by atoms with E-state index in [1.54, 1.807) is 0 Å². The molecule has 1 aromatic carbocycles. The van der Waals surface area contributed by atoms with E-state index in [2.05, 4.69) is 46.3 Å². The summed E-state index contributed by atoms with van der Waals surface area (Å²) in [6.45, 7) is 2.19. The minimum absolute atomic E-state index is 0.322. The van der Waals surface area contributed by atoms with Crippen molar-refractivity contribution in [3.63, 3.8) is 0 Å². The molecule has 0 unspecified atom stereocenters. The Labute approximate surface area is 128 Å². The molecule has 1 N–H and O–H groups in total. The molecule has 110 valence electrons. The molecule has 1 fully saturated rings. The molecule has 2 aliphatic rings. The first-order valence-electron chi connectivity index (χ1n) is 7.07. The zero-order valence-electron chi connectivity index (χ0n) is 12.0. The third-order valence-corrected chi connectivity index (χ3v) is 5.28. The van der Waals surface area contributed by atoms with Gasteiger partial charge in [-0.2, -0.15) is 0 Å². The van der Waals surface area contributed by atoms with E-state index in [1.807, 2.05) is 6.07 Å². The number of nitrogens with one attached hydrogen (secondary N) is 1. The minimum Gasteiger partial charge on any atom is -0.454 e. The molecule has 0 radical (unpaired) electrons. The summed E-state index contributed by atoms with van der Waals surface area (Å²) >= 11 is 3.60. The van der Waals surface area contributed by atoms with Crippen LogP contribution in [0.1, 0.15) is 24.8 Å². The van der Waals surface area contributed by atoms with Crippen LogP contribution >= 0.6 is 15.9 Å². The maximum absolute atomic E-state index is 5.43. The Kier molecular flexibility index (Phi) is 3.93. The van der Waals surface area contributed by atoms with Crippen molar-refractivity contribution in [1.29, 1.82) is 0 Å². The van der Waals surface area contributed by atoms with Crippen LogP contribution in [-0.4, -0.2) is 37.9 Å². The first-order chi connectivity index (χ1) is 9.61. The zero-order chi connectivity index (χ0) is 14.2. The number of benzene rings is 1. The standard InChI is InChI=1S/C15H21BrN2O2/c1-18(2)15(4-3-5-15)9-17-8-11-6-13-14(7-12(11)16)20-10-19-13/h6-7,17H,3-5,8-10H2,1-2H3. The van der Waals surface area contributed by atoms with Gasteiger partial charge >= 0.3 is 0 Å². The molecule has 0 bridgehead atoms. The van der Waals surface area contributed by atoms with Gasteiger partial charge in [0.05, 0.1) is 0 Å². The Morgan fingerprint density at radius 3 is 2.55 bits per heavy atom. The van der Waals surface area contributed by atoms with Gasteiger partial charge in [0.1, 0.15) is 0 Å². The molecule has 4 nitrogen and oxygen atoms in total. The van der Waals surface area contributed by atoms with Crippen molar-refractivity contribution in [1.82, 2.24) is 10.2 Å². The number of nitrogens with zero attached hydrogens (tertiary/aromatic N) is 1. The highest BCUT2D eigenvalue weighted by atomic mass is 79.9. The van der Waals surface area contributed by atoms with Crippen LogP contribution in [0.5, 0.6) is 11.5 Å². The normalized spacial score (nSPS) is 19.2. The first kappa shape index (κ1) is 14.2. The second-order valence-corrected chi connectivity index (χ2v) is 6.73. The summed E-state index contributed by atoms with van der Waals surface area (Å²) in [5.41, 5.74) is 1.56. The predicted molar refractivity (Wildman–Crippen MR) is 82.2 cm³/mol. The maximum atomic E-state index is 5.43. The van der Waals surface area contributed by atoms with E-state index in [9.17, 15) is 0 Å². The summed E-state index contributed by atoms with van der Waals surface area (Å²) in [5, 5.41) is 3.59. The second-order valence-electron chi connectivity index (χ2n) is 5.87. The quantitative estimate of drug-likeness (QED) is 0.893. The van der Waals surface area contributed by atoms with E-state index < -0.39 is 0 Å². The summed E-state index contributed by atoms with van der Waals surface area (Å²) in [5.74, 6) is 1.67. The summed E-state index contributed by atoms with van der Waals surface area (Å²) in [6, 6.07) is 4.05. The molecule has 1 heterocycles. The average molecular weight is 341 g/mol. The lowest BCUT2D eigenvalue weighted by molar-refractivity contribution is 0.0598. The van der Waals surface area contributed by atoms with Crippen molar-refractivity contribution in [3.05, 3.63) is 22.2 Å². The summed E-state index contributed by atoms with van der Waals surface area (Å²) in [4.78, 5) is 2.36. The molecule has 1 aromatic rings. The van der Waals surface area contributed by atoms with Crippen molar-refractivity contribution >= 4 is 15.9 Å². The van der Waals surface area contributed by atoms with Crippen LogP contribution in [0.4, 0.5) is 0 Å². The molecule has 5 heteroatoms. The van der Waals surface area contributed by atoms with Gasteiger partial charge in [-0.05, 0) is 51.1 Å². The van der Waals surface area contributed by atoms with Crippen LogP contribution in [-0.2, 0) is 6.54 Å². The van der Waals surface area contributed by atoms with Crippen LogP contribution in [0.25, 0.3) is 0 Å². The molecule has 0 saturated heterocycles. The van der Waals surface area contributed by atoms with Crippen molar-refractivity contribution in [2.75, 3.05) is 27.4 Å². The lowest BCUT2D eigenvalue weighted by atomic mass is 9.75. The second kappa shape index (κ2) is 5.54. The molecule has 0 atom stereocenters. The van der Waals surface area contributed by atoms with Gasteiger partial charge in [-0.1, -0.05) is 15.9 Å². The summed E-state index contributed by atoms with van der Waals surface area (Å²) < 4.78 is 11.9. The number of hydrogen-bond acceptors (Lipinski definition) is 4. The highest BCUT2D eigenvalue weighted by Crippen LogP contribution is 2.38. The van der Waals surface area contributed by atoms with Gasteiger partial charge in [-0.15, -0.1) is 0 Å². The summed E-state index contributed by atoms with van der Waals surface area (Å²) in [7, 11) is 4.36. The number of halogens is 1. The first-order valence-corrected chi connectivity index (χ1v) is 7.86. The van der Waals surface area contributed by atoms with Crippen LogP contribution in [0.3, 0.4) is 0 Å². The average Bonchev–Trinajstić information content (AvgIpc) is 2.78. The lowest BCUT2D eigenvalue weighted by Crippen LogP contribution is -2.56. The fraction of sp³-hybridized carbons (Fsp3) is 0.600. The molecule has 20 heavy (non-hydrogen) atoms. The van der Waals surface area contributed by atoms with Gasteiger partial charge in [0, 0.05) is 23.1 Å². The Balaban J connectivity index is 1.61. The fourth-order valence-electron chi connectivity index (χ4n) is 2.89. The van der Waals surface area contributed by atoms with E-state index in [1.165, 1.54) is 24.8 Å². The molecule has 0 spiro atoms. The monoisotopic (exact) mass is 340 g/mol. The van der Waals surface area contributed by atoms with E-state index >= 15 is 0 Å². The van der Waals surface area contributed by atoms with Gasteiger partial charge in [-0.3, -0.25) is 0 Å². The molecular weight excluding hydrogens is 320 g/mol. The van der Waals surface area contributed by atoms with Gasteiger partial charge in [-0.25, -0.2) is 0 Å². The Bertz CT molecular complexity index is 501. The van der Waals surface area contributed by atoms with Crippen molar-refractivity contribution in [2.24, 2.45) is 0 Å². The van der Waals surface area contributed by atoms with Crippen LogP contribution in [0.2, 0.25) is 0 Å². The fourth-order valence-corrected chi connectivity index (χ4v) is 3.35. The smallest absolute Gasteiger partial charge is 0.231 e. The predicted octanol–water partition coefficient (Wildman–Crippen LogP) is 2.75. The van der Waals surface area contributed by atoms with Crippen molar-refractivity contribution in [3.8, 4) is 11.5 Å². The number of rotatable bonds is 5. The topological polar surface area (TPSA) is 33.7 Å². The van der Waals surface area contributed by atoms with Crippen LogP contribution in [0, 0.1) is 0 Å². The lowest BCUT2D eigenvalue weighted by Gasteiger charge is -2.47. The van der Waals surface area contributed by atoms with Gasteiger partial charge in [0.15, 0.2) is 11.5 Å². The minimum atomic E-state index is 0.322. The van der Waals surface area contributed by atoms with E-state index in [-0.39, 0.29) is 0 Å². The number of fused-ring (bicyclic) bond motifs is 1. The summed E-state index contributed by atoms with van der Waals surface area (Å²) in [6.07, 6.45) is 3.91. The molecule has 1 aliphatic carbocycles. The van der Waals surface area contributed by atoms with Crippen LogP contribution < -0.4 is 14.8 Å². The van der Waals surface area contributed by atoms with Gasteiger partial charge in [0.25, 0.3) is 0 Å². The highest BCUT2D eigenvalue weighted by molar-refractivity contribution is 9.10. The largest absolute Gasteiger partial charge is 0.454 e. The van der Waals surface area contributed by atoms with Gasteiger partial charge in [0.2, 0.25) is 6.79 Å². The Morgan fingerprint density at radius 1 is 1.25 bits per heavy atom. The molecular formula is C15H21BrN2O2. The van der Waals surface area contributed by atoms with E-state index in [0.717, 1.165) is 29.1 Å². The maximum Gasteiger partial charge on any atom is 0.231 e. The van der Waals surface area contributed by atoms with Crippen LogP contribution in [0.15, 0.2) is 16.6 Å². The van der Waals surface area contributed by atoms with E-state index in [4.69, 9.17) is 9.47 Å². The van der Waals surface area contributed by atoms with E-state index in [0.29, 0.717) is 12.3 Å². The number of likely N-dealkylation sites (N-methyl/N-ethyl adjacent to an activating group) is 1.